The van der Waals surface area contributed by atoms with E-state index >= 15 is 0 Å². The van der Waals surface area contributed by atoms with Gasteiger partial charge in [-0.25, -0.2) is 14.8 Å². The van der Waals surface area contributed by atoms with Gasteiger partial charge >= 0.3 is 5.97 Å². The minimum atomic E-state index is -1.11. The lowest BCUT2D eigenvalue weighted by Crippen LogP contribution is -2.46. The lowest BCUT2D eigenvalue weighted by Gasteiger charge is -2.25. The number of aromatic amines is 2. The normalized spacial score (nSPS) is 12.1. The molecule has 1 amide bonds. The van der Waals surface area contributed by atoms with Crippen molar-refractivity contribution in [2.45, 2.75) is 19.4 Å². The molecule has 1 atom stereocenters. The quantitative estimate of drug-likeness (QED) is 0.711. The highest BCUT2D eigenvalue weighted by atomic mass is 16.4. The molecule has 100 valence electrons. The summed E-state index contributed by atoms with van der Waals surface area (Å²) in [6.07, 6.45) is 6.09. The largest absolute Gasteiger partial charge is 0.480 e. The fraction of sp³-hybridized carbons (Fsp3) is 0.273. The number of carbonyl (C=O) groups is 2. The second-order valence-electron chi connectivity index (χ2n) is 3.94. The first-order valence-electron chi connectivity index (χ1n) is 5.59. The number of anilines is 1. The first-order chi connectivity index (χ1) is 9.09. The zero-order valence-corrected chi connectivity index (χ0v) is 10.2. The second-order valence-corrected chi connectivity index (χ2v) is 3.94. The van der Waals surface area contributed by atoms with E-state index in [2.05, 4.69) is 19.9 Å². The first kappa shape index (κ1) is 12.8. The highest BCUT2D eigenvalue weighted by Crippen LogP contribution is 2.15. The molecule has 0 aromatic carbocycles. The van der Waals surface area contributed by atoms with E-state index in [9.17, 15) is 14.7 Å². The average molecular weight is 263 g/mol. The van der Waals surface area contributed by atoms with E-state index in [4.69, 9.17) is 0 Å². The lowest BCUT2D eigenvalue weighted by atomic mass is 10.1. The van der Waals surface area contributed by atoms with Gasteiger partial charge in [0.15, 0.2) is 0 Å². The predicted octanol–water partition coefficient (Wildman–Crippen LogP) is 0.182. The molecule has 0 fully saturated rings. The topological polar surface area (TPSA) is 115 Å². The number of hydrogen-bond donors (Lipinski definition) is 3. The number of aromatic nitrogens is 4. The molecule has 0 saturated carbocycles. The first-order valence-corrected chi connectivity index (χ1v) is 5.59. The summed E-state index contributed by atoms with van der Waals surface area (Å²) in [4.78, 5) is 37.5. The van der Waals surface area contributed by atoms with Crippen molar-refractivity contribution in [2.75, 3.05) is 4.90 Å². The molecule has 1 unspecified atom stereocenters. The molecule has 0 aliphatic carbocycles. The number of imidazole rings is 2. The number of rotatable bonds is 5. The van der Waals surface area contributed by atoms with E-state index in [1.165, 1.54) is 31.8 Å². The van der Waals surface area contributed by atoms with E-state index in [0.29, 0.717) is 5.69 Å². The summed E-state index contributed by atoms with van der Waals surface area (Å²) < 4.78 is 0. The van der Waals surface area contributed by atoms with Gasteiger partial charge < -0.3 is 15.1 Å². The lowest BCUT2D eigenvalue weighted by molar-refractivity contribution is -0.140. The Bertz CT molecular complexity index is 549. The molecule has 0 saturated heterocycles. The van der Waals surface area contributed by atoms with E-state index in [1.54, 1.807) is 0 Å². The molecule has 0 bridgehead atoms. The standard InChI is InChI=1S/C11H13N5O3/c1-7(17)16(11-13-2-3-14-11)9(10(18)19)4-8-5-12-6-15-8/h2-3,5-6,9H,4H2,1H3,(H,12,15)(H,13,14)(H,18,19). The molecule has 8 nitrogen and oxygen atoms in total. The third-order valence-electron chi connectivity index (χ3n) is 2.62. The van der Waals surface area contributed by atoms with Crippen molar-refractivity contribution in [1.82, 2.24) is 19.9 Å². The van der Waals surface area contributed by atoms with Crippen molar-refractivity contribution in [2.24, 2.45) is 0 Å². The van der Waals surface area contributed by atoms with Crippen LogP contribution in [0.25, 0.3) is 0 Å². The fourth-order valence-electron chi connectivity index (χ4n) is 1.80. The maximum absolute atomic E-state index is 11.7. The van der Waals surface area contributed by atoms with Crippen LogP contribution >= 0.6 is 0 Å². The van der Waals surface area contributed by atoms with Gasteiger partial charge in [-0.1, -0.05) is 0 Å². The van der Waals surface area contributed by atoms with E-state index in [1.807, 2.05) is 0 Å². The van der Waals surface area contributed by atoms with Crippen molar-refractivity contribution in [1.29, 1.82) is 0 Å². The summed E-state index contributed by atoms with van der Waals surface area (Å²) >= 11 is 0. The average Bonchev–Trinajstić information content (AvgIpc) is 2.99. The minimum Gasteiger partial charge on any atom is -0.480 e. The van der Waals surface area contributed by atoms with Gasteiger partial charge in [-0.15, -0.1) is 0 Å². The van der Waals surface area contributed by atoms with Crippen LogP contribution in [0.1, 0.15) is 12.6 Å². The van der Waals surface area contributed by atoms with Gasteiger partial charge in [0.2, 0.25) is 11.9 Å². The zero-order chi connectivity index (χ0) is 13.8. The van der Waals surface area contributed by atoms with Crippen molar-refractivity contribution >= 4 is 17.8 Å². The number of nitrogens with zero attached hydrogens (tertiary/aromatic N) is 3. The molecule has 8 heteroatoms. The van der Waals surface area contributed by atoms with Gasteiger partial charge in [-0.05, 0) is 0 Å². The summed E-state index contributed by atoms with van der Waals surface area (Å²) in [5.41, 5.74) is 0.630. The third-order valence-corrected chi connectivity index (χ3v) is 2.62. The van der Waals surface area contributed by atoms with Crippen LogP contribution < -0.4 is 4.90 Å². The molecular formula is C11H13N5O3. The molecule has 0 aliphatic heterocycles. The number of carbonyl (C=O) groups excluding carboxylic acids is 1. The molecular weight excluding hydrogens is 250 g/mol. The monoisotopic (exact) mass is 263 g/mol. The molecule has 2 aromatic heterocycles. The molecule has 0 radical (unpaired) electrons. The Morgan fingerprint density at radius 2 is 2.26 bits per heavy atom. The van der Waals surface area contributed by atoms with Crippen LogP contribution in [0, 0.1) is 0 Å². The Kier molecular flexibility index (Phi) is 3.60. The Hall–Kier alpha value is -2.64. The smallest absolute Gasteiger partial charge is 0.327 e. The van der Waals surface area contributed by atoms with Crippen molar-refractivity contribution in [3.63, 3.8) is 0 Å². The van der Waals surface area contributed by atoms with Crippen LogP contribution in [0.4, 0.5) is 5.95 Å². The Morgan fingerprint density at radius 3 is 2.74 bits per heavy atom. The van der Waals surface area contributed by atoms with Crippen LogP contribution in [0.3, 0.4) is 0 Å². The number of hydrogen-bond acceptors (Lipinski definition) is 4. The number of carboxylic acids is 1. The fourth-order valence-corrected chi connectivity index (χ4v) is 1.80. The third kappa shape index (κ3) is 2.79. The summed E-state index contributed by atoms with van der Waals surface area (Å²) in [5, 5.41) is 9.32. The van der Waals surface area contributed by atoms with Crippen LogP contribution in [-0.2, 0) is 16.0 Å². The van der Waals surface area contributed by atoms with Crippen LogP contribution in [0.5, 0.6) is 0 Å². The number of H-pyrrole nitrogens is 2. The molecule has 0 spiro atoms. The SMILES string of the molecule is CC(=O)N(c1ncc[nH]1)C(Cc1cnc[nH]1)C(=O)O. The van der Waals surface area contributed by atoms with E-state index < -0.39 is 17.9 Å². The van der Waals surface area contributed by atoms with Gasteiger partial charge in [0.25, 0.3) is 0 Å². The molecule has 2 heterocycles. The van der Waals surface area contributed by atoms with E-state index in [-0.39, 0.29) is 12.4 Å². The zero-order valence-electron chi connectivity index (χ0n) is 10.2. The van der Waals surface area contributed by atoms with Gasteiger partial charge in [-0.3, -0.25) is 9.69 Å². The molecule has 3 N–H and O–H groups in total. The Balaban J connectivity index is 2.30. The molecule has 2 rings (SSSR count). The molecule has 19 heavy (non-hydrogen) atoms. The van der Waals surface area contributed by atoms with Crippen molar-refractivity contribution in [3.8, 4) is 0 Å². The van der Waals surface area contributed by atoms with Gasteiger partial charge in [0.05, 0.1) is 6.33 Å². The summed E-state index contributed by atoms with van der Waals surface area (Å²) in [6.45, 7) is 1.30. The predicted molar refractivity (Wildman–Crippen MR) is 65.5 cm³/mol. The Labute approximate surface area is 108 Å². The second kappa shape index (κ2) is 5.34. The molecule has 0 aliphatic rings. The Morgan fingerprint density at radius 1 is 1.47 bits per heavy atom. The summed E-state index contributed by atoms with van der Waals surface area (Å²) in [7, 11) is 0. The maximum Gasteiger partial charge on any atom is 0.327 e. The number of amides is 1. The molecule has 2 aromatic rings. The van der Waals surface area contributed by atoms with Gasteiger partial charge in [-0.2, -0.15) is 0 Å². The number of aliphatic carboxylic acids is 1. The van der Waals surface area contributed by atoms with Crippen LogP contribution in [0.15, 0.2) is 24.9 Å². The van der Waals surface area contributed by atoms with Crippen LogP contribution in [-0.4, -0.2) is 43.0 Å². The maximum atomic E-state index is 11.7. The van der Waals surface area contributed by atoms with Crippen LogP contribution in [0.2, 0.25) is 0 Å². The number of nitrogens with one attached hydrogen (secondary N) is 2. The van der Waals surface area contributed by atoms with Crippen molar-refractivity contribution in [3.05, 3.63) is 30.6 Å². The highest BCUT2D eigenvalue weighted by molar-refractivity contribution is 5.96. The summed E-state index contributed by atoms with van der Waals surface area (Å²) in [5.74, 6) is -1.30. The van der Waals surface area contributed by atoms with Gasteiger partial charge in [0.1, 0.15) is 6.04 Å². The highest BCUT2D eigenvalue weighted by Gasteiger charge is 2.31. The number of carboxylic acid groups (broad SMARTS) is 1. The van der Waals surface area contributed by atoms with E-state index in [0.717, 1.165) is 4.90 Å². The van der Waals surface area contributed by atoms with Gasteiger partial charge in [0, 0.05) is 37.6 Å². The summed E-state index contributed by atoms with van der Waals surface area (Å²) in [6, 6.07) is -1.05. The minimum absolute atomic E-state index is 0.121. The van der Waals surface area contributed by atoms with Crippen molar-refractivity contribution < 1.29 is 14.7 Å².